The number of imide groups is 1. The lowest BCUT2D eigenvalue weighted by Gasteiger charge is -2.27. The minimum absolute atomic E-state index is 0.193. The number of fused-ring (bicyclic) bond motifs is 1. The van der Waals surface area contributed by atoms with E-state index in [2.05, 4.69) is 10.6 Å². The first-order chi connectivity index (χ1) is 18.1. The number of carbonyl (C=O) groups is 4. The Balaban J connectivity index is 1.22. The summed E-state index contributed by atoms with van der Waals surface area (Å²) >= 11 is 12.5. The highest BCUT2D eigenvalue weighted by molar-refractivity contribution is 6.37. The molecule has 1 saturated heterocycles. The number of urea groups is 1. The quantitative estimate of drug-likeness (QED) is 0.564. The number of amides is 5. The van der Waals surface area contributed by atoms with Gasteiger partial charge in [0.15, 0.2) is 0 Å². The highest BCUT2D eigenvalue weighted by Crippen LogP contribution is 2.41. The third kappa shape index (κ3) is 3.79. The molecule has 1 atom stereocenters. The number of hydrogen-bond donors (Lipinski definition) is 2. The van der Waals surface area contributed by atoms with Crippen molar-refractivity contribution in [1.29, 1.82) is 0 Å². The molecule has 0 bridgehead atoms. The molecular formula is C27H25Cl2N5O4. The van der Waals surface area contributed by atoms with Crippen LogP contribution in [0.3, 0.4) is 0 Å². The van der Waals surface area contributed by atoms with Crippen LogP contribution in [0.4, 0.5) is 10.5 Å². The van der Waals surface area contributed by atoms with Crippen molar-refractivity contribution in [2.45, 2.75) is 49.6 Å². The molecule has 2 spiro atoms. The Bertz CT molecular complexity index is 1450. The van der Waals surface area contributed by atoms with E-state index in [1.165, 1.54) is 9.80 Å². The second-order valence-corrected chi connectivity index (χ2v) is 11.3. The van der Waals surface area contributed by atoms with Crippen LogP contribution in [0.25, 0.3) is 0 Å². The highest BCUT2D eigenvalue weighted by Gasteiger charge is 2.54. The first-order valence-corrected chi connectivity index (χ1v) is 13.3. The van der Waals surface area contributed by atoms with Gasteiger partial charge in [0.1, 0.15) is 23.5 Å². The predicted octanol–water partition coefficient (Wildman–Crippen LogP) is 3.55. The van der Waals surface area contributed by atoms with Gasteiger partial charge < -0.3 is 10.2 Å². The summed E-state index contributed by atoms with van der Waals surface area (Å²) in [6, 6.07) is 10.0. The van der Waals surface area contributed by atoms with E-state index in [1.54, 1.807) is 31.3 Å². The summed E-state index contributed by atoms with van der Waals surface area (Å²) in [5.74, 6) is -0.510. The van der Waals surface area contributed by atoms with Crippen LogP contribution in [0.15, 0.2) is 41.4 Å². The first kappa shape index (κ1) is 24.9. The van der Waals surface area contributed by atoms with E-state index in [9.17, 15) is 19.2 Å². The van der Waals surface area contributed by atoms with Crippen molar-refractivity contribution in [2.75, 3.05) is 18.9 Å². The third-order valence-corrected chi connectivity index (χ3v) is 8.72. The Morgan fingerprint density at radius 1 is 1.05 bits per heavy atom. The van der Waals surface area contributed by atoms with Crippen LogP contribution >= 0.6 is 23.2 Å². The van der Waals surface area contributed by atoms with Crippen LogP contribution in [0.5, 0.6) is 0 Å². The van der Waals surface area contributed by atoms with E-state index in [1.807, 2.05) is 12.1 Å². The van der Waals surface area contributed by atoms with Gasteiger partial charge in [0.25, 0.3) is 11.8 Å². The molecule has 1 saturated carbocycles. The SMILES string of the molecule is CN1C(=O)NC(=O)[C@@]12Cc1ccc(NC(=O)CN3C(=O)C4(CCCC4)N=C3c3ccc(Cl)cc3Cl)cc1C2. The van der Waals surface area contributed by atoms with Crippen LogP contribution < -0.4 is 10.6 Å². The van der Waals surface area contributed by atoms with Gasteiger partial charge in [-0.2, -0.15) is 0 Å². The van der Waals surface area contributed by atoms with E-state index in [-0.39, 0.29) is 24.3 Å². The molecule has 0 unspecified atom stereocenters. The minimum Gasteiger partial charge on any atom is -0.325 e. The fraction of sp³-hybridized carbons (Fsp3) is 0.370. The molecule has 38 heavy (non-hydrogen) atoms. The van der Waals surface area contributed by atoms with Gasteiger partial charge in [-0.25, -0.2) is 4.79 Å². The summed E-state index contributed by atoms with van der Waals surface area (Å²) in [6.07, 6.45) is 3.83. The summed E-state index contributed by atoms with van der Waals surface area (Å²) in [5, 5.41) is 6.09. The smallest absolute Gasteiger partial charge is 0.324 e. The molecule has 6 rings (SSSR count). The third-order valence-electron chi connectivity index (χ3n) is 8.17. The molecule has 2 aliphatic carbocycles. The maximum Gasteiger partial charge on any atom is 0.324 e. The molecule has 2 N–H and O–H groups in total. The molecule has 5 amide bonds. The molecule has 2 fully saturated rings. The average molecular weight is 554 g/mol. The molecule has 0 aromatic heterocycles. The fourth-order valence-corrected chi connectivity index (χ4v) is 6.58. The van der Waals surface area contributed by atoms with Crippen LogP contribution in [-0.2, 0) is 27.2 Å². The normalized spacial score (nSPS) is 23.4. The van der Waals surface area contributed by atoms with E-state index in [0.29, 0.717) is 52.8 Å². The Kier molecular flexibility index (Phi) is 5.77. The largest absolute Gasteiger partial charge is 0.325 e. The second-order valence-electron chi connectivity index (χ2n) is 10.4. The van der Waals surface area contributed by atoms with E-state index in [4.69, 9.17) is 28.2 Å². The summed E-state index contributed by atoms with van der Waals surface area (Å²) in [7, 11) is 1.62. The zero-order valence-electron chi connectivity index (χ0n) is 20.6. The van der Waals surface area contributed by atoms with Gasteiger partial charge in [0, 0.05) is 36.2 Å². The van der Waals surface area contributed by atoms with Crippen LogP contribution in [-0.4, -0.2) is 64.1 Å². The highest BCUT2D eigenvalue weighted by atomic mass is 35.5. The summed E-state index contributed by atoms with van der Waals surface area (Å²) < 4.78 is 0. The standard InChI is InChI=1S/C27H25Cl2N5O4/c1-33-25(38)31-23(36)27(33)12-15-4-6-18(10-16(15)13-27)30-21(35)14-34-22(19-7-5-17(28)11-20(19)29)32-26(24(34)37)8-2-3-9-26/h4-7,10-11H,2-3,8-9,12-14H2,1H3,(H,30,35)(H,31,36,38)/t27-/m0/s1. The maximum absolute atomic E-state index is 13.6. The zero-order valence-corrected chi connectivity index (χ0v) is 22.2. The predicted molar refractivity (Wildman–Crippen MR) is 142 cm³/mol. The molecule has 0 radical (unpaired) electrons. The van der Waals surface area contributed by atoms with Crippen molar-refractivity contribution < 1.29 is 19.2 Å². The minimum atomic E-state index is -0.942. The number of benzene rings is 2. The summed E-state index contributed by atoms with van der Waals surface area (Å²) in [5.41, 5.74) is 1.14. The lowest BCUT2D eigenvalue weighted by molar-refractivity contribution is -0.133. The molecule has 2 heterocycles. The van der Waals surface area contributed by atoms with Crippen LogP contribution in [0.1, 0.15) is 42.4 Å². The van der Waals surface area contributed by atoms with Gasteiger partial charge in [-0.15, -0.1) is 0 Å². The van der Waals surface area contributed by atoms with Gasteiger partial charge in [-0.1, -0.05) is 42.1 Å². The second kappa shape index (κ2) is 8.81. The van der Waals surface area contributed by atoms with Crippen molar-refractivity contribution in [2.24, 2.45) is 4.99 Å². The van der Waals surface area contributed by atoms with Crippen molar-refractivity contribution in [3.05, 3.63) is 63.1 Å². The van der Waals surface area contributed by atoms with Crippen molar-refractivity contribution >= 4 is 58.5 Å². The van der Waals surface area contributed by atoms with Crippen LogP contribution in [0.2, 0.25) is 10.0 Å². The zero-order chi connectivity index (χ0) is 26.8. The number of halogens is 2. The maximum atomic E-state index is 13.6. The Labute approximate surface area is 229 Å². The monoisotopic (exact) mass is 553 g/mol. The Morgan fingerprint density at radius 2 is 1.79 bits per heavy atom. The van der Waals surface area contributed by atoms with E-state index in [0.717, 1.165) is 24.0 Å². The lowest BCUT2D eigenvalue weighted by Crippen LogP contribution is -2.48. The molecule has 2 aliphatic heterocycles. The van der Waals surface area contributed by atoms with Gasteiger partial charge >= 0.3 is 6.03 Å². The van der Waals surface area contributed by atoms with Gasteiger partial charge in [0.05, 0.1) is 5.02 Å². The van der Waals surface area contributed by atoms with E-state index >= 15 is 0 Å². The average Bonchev–Trinajstić information content (AvgIpc) is 3.60. The lowest BCUT2D eigenvalue weighted by atomic mass is 9.95. The van der Waals surface area contributed by atoms with Gasteiger partial charge in [-0.05, 0) is 54.3 Å². The molecule has 4 aliphatic rings. The van der Waals surface area contributed by atoms with Crippen molar-refractivity contribution in [1.82, 2.24) is 15.1 Å². The number of rotatable bonds is 4. The fourth-order valence-electron chi connectivity index (χ4n) is 6.09. The molecule has 196 valence electrons. The number of anilines is 1. The number of aliphatic imine (C=N–C) groups is 1. The van der Waals surface area contributed by atoms with E-state index < -0.39 is 17.1 Å². The summed E-state index contributed by atoms with van der Waals surface area (Å²) in [6.45, 7) is -0.223. The Morgan fingerprint density at radius 3 is 2.47 bits per heavy atom. The molecule has 2 aromatic carbocycles. The van der Waals surface area contributed by atoms with Crippen LogP contribution in [0, 0.1) is 0 Å². The number of amidine groups is 1. The number of nitrogens with one attached hydrogen (secondary N) is 2. The number of carbonyl (C=O) groups excluding carboxylic acids is 4. The van der Waals surface area contributed by atoms with Gasteiger partial charge in [0.2, 0.25) is 5.91 Å². The molecule has 9 nitrogen and oxygen atoms in total. The number of nitrogens with zero attached hydrogens (tertiary/aromatic N) is 3. The van der Waals surface area contributed by atoms with Crippen molar-refractivity contribution in [3.63, 3.8) is 0 Å². The summed E-state index contributed by atoms with van der Waals surface area (Å²) in [4.78, 5) is 59.1. The topological polar surface area (TPSA) is 111 Å². The first-order valence-electron chi connectivity index (χ1n) is 12.5. The number of hydrogen-bond acceptors (Lipinski definition) is 5. The van der Waals surface area contributed by atoms with Crippen molar-refractivity contribution in [3.8, 4) is 0 Å². The van der Waals surface area contributed by atoms with Gasteiger partial charge in [-0.3, -0.25) is 29.6 Å². The number of likely N-dealkylation sites (N-methyl/N-ethyl adjacent to an activating group) is 1. The Hall–Kier alpha value is -3.43. The molecule has 11 heteroatoms. The molecular weight excluding hydrogens is 529 g/mol. The molecule has 2 aromatic rings.